The molecule has 4 nitrogen and oxygen atoms in total. The lowest BCUT2D eigenvalue weighted by atomic mass is 10.1. The Morgan fingerprint density at radius 1 is 1.17 bits per heavy atom. The molecule has 126 valence electrons. The second-order valence-electron chi connectivity index (χ2n) is 5.23. The molecule has 0 unspecified atom stereocenters. The van der Waals surface area contributed by atoms with Crippen LogP contribution in [0.2, 0.25) is 0 Å². The molecule has 0 aromatic heterocycles. The van der Waals surface area contributed by atoms with Crippen molar-refractivity contribution in [3.8, 4) is 17.2 Å². The predicted octanol–water partition coefficient (Wildman–Crippen LogP) is 4.48. The van der Waals surface area contributed by atoms with Gasteiger partial charge in [-0.1, -0.05) is 43.0 Å². The van der Waals surface area contributed by atoms with Gasteiger partial charge in [0.1, 0.15) is 29.4 Å². The third kappa shape index (κ3) is 5.65. The zero-order valence-corrected chi connectivity index (χ0v) is 14.0. The standard InChI is InChI=1S/C20H22O4/c1-5-7-15(6-2)8-9-17(21)20-18(22)12-16(13-19(20)23)24-11-10-14(3)4/h5-10,12-13,22-23H,1-2,11H2,3-4H3/b9-8+,15-7+. The number of carbonyl (C=O) groups is 1. The van der Waals surface area contributed by atoms with E-state index in [9.17, 15) is 15.0 Å². The van der Waals surface area contributed by atoms with Gasteiger partial charge in [-0.3, -0.25) is 4.79 Å². The summed E-state index contributed by atoms with van der Waals surface area (Å²) in [7, 11) is 0. The van der Waals surface area contributed by atoms with Gasteiger partial charge in [-0.25, -0.2) is 0 Å². The summed E-state index contributed by atoms with van der Waals surface area (Å²) in [6.45, 7) is 11.4. The summed E-state index contributed by atoms with van der Waals surface area (Å²) in [6, 6.07) is 2.60. The number of aromatic hydroxyl groups is 2. The molecule has 0 bridgehead atoms. The Morgan fingerprint density at radius 3 is 2.29 bits per heavy atom. The number of rotatable bonds is 8. The van der Waals surface area contributed by atoms with E-state index in [2.05, 4.69) is 13.2 Å². The monoisotopic (exact) mass is 326 g/mol. The molecule has 1 aromatic carbocycles. The zero-order chi connectivity index (χ0) is 18.1. The molecule has 0 aliphatic rings. The van der Waals surface area contributed by atoms with Crippen LogP contribution in [0, 0.1) is 0 Å². The summed E-state index contributed by atoms with van der Waals surface area (Å²) in [4.78, 5) is 12.2. The third-order valence-corrected chi connectivity index (χ3v) is 3.03. The maximum atomic E-state index is 12.2. The van der Waals surface area contributed by atoms with E-state index in [0.717, 1.165) is 5.57 Å². The minimum Gasteiger partial charge on any atom is -0.507 e. The molecule has 0 aliphatic carbocycles. The molecule has 2 N–H and O–H groups in total. The van der Waals surface area contributed by atoms with Crippen molar-refractivity contribution < 1.29 is 19.7 Å². The summed E-state index contributed by atoms with van der Waals surface area (Å²) in [5, 5.41) is 20.0. The number of hydrogen-bond donors (Lipinski definition) is 2. The lowest BCUT2D eigenvalue weighted by molar-refractivity contribution is 0.104. The lowest BCUT2D eigenvalue weighted by Gasteiger charge is -2.09. The molecule has 0 heterocycles. The van der Waals surface area contributed by atoms with E-state index in [1.807, 2.05) is 19.9 Å². The smallest absolute Gasteiger partial charge is 0.193 e. The average Bonchev–Trinajstić information content (AvgIpc) is 2.50. The van der Waals surface area contributed by atoms with Crippen molar-refractivity contribution in [2.45, 2.75) is 13.8 Å². The molecule has 1 aromatic rings. The van der Waals surface area contributed by atoms with Crippen LogP contribution in [0.4, 0.5) is 0 Å². The average molecular weight is 326 g/mol. The molecule has 0 atom stereocenters. The predicted molar refractivity (Wildman–Crippen MR) is 96.6 cm³/mol. The quantitative estimate of drug-likeness (QED) is 0.320. The number of hydrogen-bond acceptors (Lipinski definition) is 4. The van der Waals surface area contributed by atoms with Crippen LogP contribution in [-0.4, -0.2) is 22.6 Å². The summed E-state index contributed by atoms with van der Waals surface area (Å²) in [5.41, 5.74) is 1.59. The molecule has 4 heteroatoms. The lowest BCUT2D eigenvalue weighted by Crippen LogP contribution is -1.99. The van der Waals surface area contributed by atoms with Gasteiger partial charge in [0.25, 0.3) is 0 Å². The molecule has 0 aliphatic heterocycles. The van der Waals surface area contributed by atoms with Crippen LogP contribution < -0.4 is 4.74 Å². The fourth-order valence-corrected chi connectivity index (χ4v) is 1.81. The summed E-state index contributed by atoms with van der Waals surface area (Å²) in [5.74, 6) is -0.937. The molecule has 0 radical (unpaired) electrons. The van der Waals surface area contributed by atoms with Crippen molar-refractivity contribution in [2.24, 2.45) is 0 Å². The summed E-state index contributed by atoms with van der Waals surface area (Å²) in [6.07, 6.45) is 9.44. The Morgan fingerprint density at radius 2 is 1.79 bits per heavy atom. The van der Waals surface area contributed by atoms with E-state index in [-0.39, 0.29) is 22.8 Å². The first-order chi connectivity index (χ1) is 11.4. The van der Waals surface area contributed by atoms with Gasteiger partial charge in [0.15, 0.2) is 5.78 Å². The van der Waals surface area contributed by atoms with Crippen LogP contribution in [0.1, 0.15) is 24.2 Å². The van der Waals surface area contributed by atoms with Gasteiger partial charge in [-0.05, 0) is 31.6 Å². The minimum absolute atomic E-state index is 0.178. The number of ketones is 1. The highest BCUT2D eigenvalue weighted by molar-refractivity contribution is 6.08. The Hall–Kier alpha value is -3.01. The van der Waals surface area contributed by atoms with Gasteiger partial charge >= 0.3 is 0 Å². The van der Waals surface area contributed by atoms with Gasteiger partial charge in [-0.15, -0.1) is 0 Å². The number of allylic oxidation sites excluding steroid dienone is 7. The van der Waals surface area contributed by atoms with Gasteiger partial charge in [0.2, 0.25) is 0 Å². The highest BCUT2D eigenvalue weighted by atomic mass is 16.5. The van der Waals surface area contributed by atoms with Crippen LogP contribution >= 0.6 is 0 Å². The largest absolute Gasteiger partial charge is 0.507 e. The van der Waals surface area contributed by atoms with Crippen LogP contribution in [0.5, 0.6) is 17.2 Å². The highest BCUT2D eigenvalue weighted by Crippen LogP contribution is 2.33. The summed E-state index contributed by atoms with van der Waals surface area (Å²) >= 11 is 0. The molecular formula is C20H22O4. The van der Waals surface area contributed by atoms with Crippen LogP contribution in [0.25, 0.3) is 0 Å². The van der Waals surface area contributed by atoms with Crippen molar-refractivity contribution in [1.29, 1.82) is 0 Å². The molecule has 0 saturated carbocycles. The molecule has 0 amide bonds. The van der Waals surface area contributed by atoms with Crippen molar-refractivity contribution in [3.05, 3.63) is 78.5 Å². The molecule has 1 rings (SSSR count). The second kappa shape index (κ2) is 9.20. The van der Waals surface area contributed by atoms with Crippen LogP contribution in [0.15, 0.2) is 72.9 Å². The first kappa shape index (κ1) is 19.0. The van der Waals surface area contributed by atoms with Crippen molar-refractivity contribution in [3.63, 3.8) is 0 Å². The highest BCUT2D eigenvalue weighted by Gasteiger charge is 2.16. The Balaban J connectivity index is 3.00. The van der Waals surface area contributed by atoms with E-state index >= 15 is 0 Å². The van der Waals surface area contributed by atoms with E-state index in [1.54, 1.807) is 18.2 Å². The fourth-order valence-electron chi connectivity index (χ4n) is 1.81. The van der Waals surface area contributed by atoms with Crippen molar-refractivity contribution in [2.75, 3.05) is 6.61 Å². The third-order valence-electron chi connectivity index (χ3n) is 3.03. The minimum atomic E-state index is -0.530. The number of carbonyl (C=O) groups excluding carboxylic acids is 1. The maximum Gasteiger partial charge on any atom is 0.193 e. The SMILES string of the molecule is C=C/C=C(C=C)/C=C/C(=O)c1c(O)cc(OCC=C(C)C)cc1O. The van der Waals surface area contributed by atoms with Crippen molar-refractivity contribution in [1.82, 2.24) is 0 Å². The second-order valence-corrected chi connectivity index (χ2v) is 5.23. The Bertz CT molecular complexity index is 694. The van der Waals surface area contributed by atoms with E-state index in [4.69, 9.17) is 4.74 Å². The first-order valence-corrected chi connectivity index (χ1v) is 7.38. The Kier molecular flexibility index (Phi) is 7.30. The van der Waals surface area contributed by atoms with Crippen LogP contribution in [-0.2, 0) is 0 Å². The molecule has 0 fully saturated rings. The van der Waals surface area contributed by atoms with E-state index < -0.39 is 5.78 Å². The molecule has 0 spiro atoms. The van der Waals surface area contributed by atoms with E-state index in [1.165, 1.54) is 24.3 Å². The van der Waals surface area contributed by atoms with Crippen molar-refractivity contribution >= 4 is 5.78 Å². The molecule has 0 saturated heterocycles. The van der Waals surface area contributed by atoms with Gasteiger partial charge in [0.05, 0.1) is 0 Å². The molecular weight excluding hydrogens is 304 g/mol. The number of ether oxygens (including phenoxy) is 1. The number of phenols is 2. The maximum absolute atomic E-state index is 12.2. The topological polar surface area (TPSA) is 66.8 Å². The first-order valence-electron chi connectivity index (χ1n) is 7.38. The van der Waals surface area contributed by atoms with Crippen LogP contribution in [0.3, 0.4) is 0 Å². The summed E-state index contributed by atoms with van der Waals surface area (Å²) < 4.78 is 5.40. The zero-order valence-electron chi connectivity index (χ0n) is 14.0. The van der Waals surface area contributed by atoms with Gasteiger partial charge < -0.3 is 14.9 Å². The van der Waals surface area contributed by atoms with Gasteiger partial charge in [0, 0.05) is 12.1 Å². The van der Waals surface area contributed by atoms with E-state index in [0.29, 0.717) is 12.2 Å². The fraction of sp³-hybridized carbons (Fsp3) is 0.150. The molecule has 24 heavy (non-hydrogen) atoms. The number of phenolic OH excluding ortho intramolecular Hbond substituents is 2. The Labute approximate surface area is 142 Å². The van der Waals surface area contributed by atoms with Gasteiger partial charge in [-0.2, -0.15) is 0 Å². The number of benzene rings is 1. The normalized spacial score (nSPS) is 11.2.